The first kappa shape index (κ1) is 13.5. The third-order valence-corrected chi connectivity index (χ3v) is 3.15. The average molecular weight is 266 g/mol. The zero-order valence-electron chi connectivity index (χ0n) is 10.6. The fraction of sp³-hybridized carbons (Fsp3) is 0.583. The third-order valence-electron chi connectivity index (χ3n) is 3.15. The van der Waals surface area contributed by atoms with Gasteiger partial charge in [-0.15, -0.1) is 0 Å². The first-order chi connectivity index (χ1) is 9.16. The molecule has 1 fully saturated rings. The van der Waals surface area contributed by atoms with Crippen LogP contribution in [-0.4, -0.2) is 45.7 Å². The van der Waals surface area contributed by atoms with Crippen LogP contribution in [0.3, 0.4) is 0 Å². The van der Waals surface area contributed by atoms with Gasteiger partial charge < -0.3 is 20.3 Å². The summed E-state index contributed by atoms with van der Waals surface area (Å²) in [6, 6.07) is -0.0916. The smallest absolute Gasteiger partial charge is 0.356 e. The van der Waals surface area contributed by atoms with E-state index in [9.17, 15) is 9.59 Å². The van der Waals surface area contributed by atoms with Crippen molar-refractivity contribution < 1.29 is 14.7 Å². The Hall–Kier alpha value is -1.89. The molecule has 7 heteroatoms. The average Bonchev–Trinajstić information content (AvgIpc) is 2.89. The third kappa shape index (κ3) is 3.78. The van der Waals surface area contributed by atoms with Gasteiger partial charge in [0.05, 0.1) is 12.4 Å². The van der Waals surface area contributed by atoms with Crippen molar-refractivity contribution in [2.24, 2.45) is 0 Å². The number of carboxylic acid groups (broad SMARTS) is 1. The van der Waals surface area contributed by atoms with Crippen molar-refractivity contribution in [1.82, 2.24) is 20.2 Å². The summed E-state index contributed by atoms with van der Waals surface area (Å²) in [7, 11) is 0. The Bertz CT molecular complexity index is 452. The first-order valence-corrected chi connectivity index (χ1v) is 6.43. The summed E-state index contributed by atoms with van der Waals surface area (Å²) in [6.07, 6.45) is 5.98. The van der Waals surface area contributed by atoms with Crippen LogP contribution >= 0.6 is 0 Å². The number of aromatic carboxylic acids is 1. The van der Waals surface area contributed by atoms with Crippen molar-refractivity contribution in [3.63, 3.8) is 0 Å². The van der Waals surface area contributed by atoms with Gasteiger partial charge in [0.2, 0.25) is 5.91 Å². The molecule has 0 unspecified atom stereocenters. The van der Waals surface area contributed by atoms with Crippen molar-refractivity contribution in [1.29, 1.82) is 0 Å². The molecule has 0 aliphatic carbocycles. The molecular weight excluding hydrogens is 248 g/mol. The second kappa shape index (κ2) is 6.33. The number of carbonyl (C=O) groups is 2. The van der Waals surface area contributed by atoms with Crippen molar-refractivity contribution in [2.75, 3.05) is 13.1 Å². The fourth-order valence-electron chi connectivity index (χ4n) is 2.10. The summed E-state index contributed by atoms with van der Waals surface area (Å²) in [5, 5.41) is 14.7. The number of piperidine rings is 1. The van der Waals surface area contributed by atoms with E-state index < -0.39 is 5.97 Å². The van der Waals surface area contributed by atoms with Crippen LogP contribution in [-0.2, 0) is 11.3 Å². The van der Waals surface area contributed by atoms with Gasteiger partial charge in [0.1, 0.15) is 0 Å². The molecule has 1 aliphatic heterocycles. The van der Waals surface area contributed by atoms with Crippen LogP contribution in [0.15, 0.2) is 12.5 Å². The molecule has 0 bridgehead atoms. The quantitative estimate of drug-likeness (QED) is 0.688. The summed E-state index contributed by atoms with van der Waals surface area (Å²) < 4.78 is 1.65. The Morgan fingerprint density at radius 1 is 1.53 bits per heavy atom. The maximum absolute atomic E-state index is 11.8. The van der Waals surface area contributed by atoms with Gasteiger partial charge >= 0.3 is 5.97 Å². The monoisotopic (exact) mass is 266 g/mol. The standard InChI is InChI=1S/C12H18N4O3/c17-11(9-3-1-2-4-13-9)14-5-6-16-7-10(12(18)19)15-8-16/h7-9,13H,1-6H2,(H,14,17)(H,18,19)/t9-/m0/s1. The van der Waals surface area contributed by atoms with Gasteiger partial charge in [-0.2, -0.15) is 0 Å². The van der Waals surface area contributed by atoms with E-state index in [4.69, 9.17) is 5.11 Å². The van der Waals surface area contributed by atoms with E-state index in [2.05, 4.69) is 15.6 Å². The molecule has 2 heterocycles. The molecule has 3 N–H and O–H groups in total. The van der Waals surface area contributed by atoms with E-state index in [1.165, 1.54) is 12.5 Å². The SMILES string of the molecule is O=C(O)c1cn(CCNC(=O)[C@@H]2CCCCN2)cn1. The molecule has 7 nitrogen and oxygen atoms in total. The highest BCUT2D eigenvalue weighted by Crippen LogP contribution is 2.06. The second-order valence-electron chi connectivity index (χ2n) is 4.60. The van der Waals surface area contributed by atoms with E-state index in [0.29, 0.717) is 13.1 Å². The summed E-state index contributed by atoms with van der Waals surface area (Å²) >= 11 is 0. The van der Waals surface area contributed by atoms with E-state index in [1.807, 2.05) is 0 Å². The van der Waals surface area contributed by atoms with Crippen LogP contribution in [0.1, 0.15) is 29.8 Å². The Labute approximate surface area is 111 Å². The zero-order chi connectivity index (χ0) is 13.7. The normalized spacial score (nSPS) is 19.1. The topological polar surface area (TPSA) is 96.2 Å². The van der Waals surface area contributed by atoms with Gasteiger partial charge in [-0.3, -0.25) is 4.79 Å². The number of rotatable bonds is 5. The van der Waals surface area contributed by atoms with Gasteiger partial charge in [-0.25, -0.2) is 9.78 Å². The number of amides is 1. The van der Waals surface area contributed by atoms with E-state index in [0.717, 1.165) is 25.8 Å². The minimum absolute atomic E-state index is 0.0123. The first-order valence-electron chi connectivity index (χ1n) is 6.43. The second-order valence-corrected chi connectivity index (χ2v) is 4.60. The predicted molar refractivity (Wildman–Crippen MR) is 67.8 cm³/mol. The number of carboxylic acids is 1. The van der Waals surface area contributed by atoms with Gasteiger partial charge in [0.25, 0.3) is 0 Å². The zero-order valence-corrected chi connectivity index (χ0v) is 10.6. The van der Waals surface area contributed by atoms with Crippen molar-refractivity contribution in [2.45, 2.75) is 31.8 Å². The lowest BCUT2D eigenvalue weighted by molar-refractivity contribution is -0.123. The van der Waals surface area contributed by atoms with Crippen LogP contribution in [0.4, 0.5) is 0 Å². The molecule has 0 spiro atoms. The highest BCUT2D eigenvalue weighted by molar-refractivity contribution is 5.84. The molecule has 104 valence electrons. The number of aromatic nitrogens is 2. The van der Waals surface area contributed by atoms with Crippen LogP contribution < -0.4 is 10.6 Å². The van der Waals surface area contributed by atoms with E-state index in [-0.39, 0.29) is 17.6 Å². The Morgan fingerprint density at radius 3 is 3.00 bits per heavy atom. The van der Waals surface area contributed by atoms with Crippen LogP contribution in [0.2, 0.25) is 0 Å². The van der Waals surface area contributed by atoms with E-state index in [1.54, 1.807) is 4.57 Å². The minimum atomic E-state index is -1.05. The molecule has 1 aromatic heterocycles. The number of nitrogens with zero attached hydrogens (tertiary/aromatic N) is 2. The largest absolute Gasteiger partial charge is 0.476 e. The molecule has 1 amide bonds. The number of carbonyl (C=O) groups excluding carboxylic acids is 1. The Balaban J connectivity index is 1.73. The molecule has 1 saturated heterocycles. The summed E-state index contributed by atoms with van der Waals surface area (Å²) in [5.74, 6) is -1.03. The van der Waals surface area contributed by atoms with Crippen LogP contribution in [0.25, 0.3) is 0 Å². The summed E-state index contributed by atoms with van der Waals surface area (Å²) in [5.41, 5.74) is 0.0141. The lowest BCUT2D eigenvalue weighted by atomic mass is 10.0. The summed E-state index contributed by atoms with van der Waals surface area (Å²) in [4.78, 5) is 26.2. The fourth-order valence-corrected chi connectivity index (χ4v) is 2.10. The minimum Gasteiger partial charge on any atom is -0.476 e. The van der Waals surface area contributed by atoms with Gasteiger partial charge in [-0.05, 0) is 19.4 Å². The van der Waals surface area contributed by atoms with Crippen molar-refractivity contribution >= 4 is 11.9 Å². The molecule has 1 atom stereocenters. The highest BCUT2D eigenvalue weighted by atomic mass is 16.4. The summed E-state index contributed by atoms with van der Waals surface area (Å²) in [6.45, 7) is 1.87. The molecule has 0 radical (unpaired) electrons. The van der Waals surface area contributed by atoms with Gasteiger partial charge in [0, 0.05) is 19.3 Å². The number of hydrogen-bond donors (Lipinski definition) is 3. The molecule has 0 aromatic carbocycles. The van der Waals surface area contributed by atoms with Crippen LogP contribution in [0, 0.1) is 0 Å². The highest BCUT2D eigenvalue weighted by Gasteiger charge is 2.19. The molecule has 1 aliphatic rings. The molecular formula is C12H18N4O3. The number of hydrogen-bond acceptors (Lipinski definition) is 4. The van der Waals surface area contributed by atoms with Crippen molar-refractivity contribution in [3.8, 4) is 0 Å². The van der Waals surface area contributed by atoms with E-state index >= 15 is 0 Å². The Kier molecular flexibility index (Phi) is 4.51. The van der Waals surface area contributed by atoms with Gasteiger partial charge in [-0.1, -0.05) is 6.42 Å². The van der Waals surface area contributed by atoms with Crippen molar-refractivity contribution in [3.05, 3.63) is 18.2 Å². The van der Waals surface area contributed by atoms with Gasteiger partial charge in [0.15, 0.2) is 5.69 Å². The maximum Gasteiger partial charge on any atom is 0.356 e. The molecule has 1 aromatic rings. The lowest BCUT2D eigenvalue weighted by Crippen LogP contribution is -2.47. The number of imidazole rings is 1. The van der Waals surface area contributed by atoms with Crippen LogP contribution in [0.5, 0.6) is 0 Å². The lowest BCUT2D eigenvalue weighted by Gasteiger charge is -2.22. The Morgan fingerprint density at radius 2 is 2.37 bits per heavy atom. The molecule has 2 rings (SSSR count). The molecule has 0 saturated carbocycles. The predicted octanol–water partition coefficient (Wildman–Crippen LogP) is -0.160. The number of nitrogens with one attached hydrogen (secondary N) is 2. The molecule has 19 heavy (non-hydrogen) atoms. The maximum atomic E-state index is 11.8.